The van der Waals surface area contributed by atoms with Gasteiger partial charge in [-0.25, -0.2) is 19.2 Å². The number of cyclic esters (lactones) is 1. The number of phenols is 12. The number of aliphatic hydroxyl groups is 1. The van der Waals surface area contributed by atoms with Crippen LogP contribution in [0.4, 0.5) is 0 Å². The second-order valence-corrected chi connectivity index (χ2v) is 13.0. The molecule has 4 aromatic rings. The monoisotopic (exact) mass is 858 g/mol. The number of phenolic OH excluding ortho intramolecular Hbond substituents is 12. The van der Waals surface area contributed by atoms with Crippen molar-refractivity contribution in [3.05, 3.63) is 58.1 Å². The maximum absolute atomic E-state index is 14.2. The van der Waals surface area contributed by atoms with E-state index in [-0.39, 0.29) is 0 Å². The number of carbonyl (C=O) groups is 5. The Bertz CT molecular complexity index is 2500. The summed E-state index contributed by atoms with van der Waals surface area (Å²) in [6.45, 7) is -1.14. The summed E-state index contributed by atoms with van der Waals surface area (Å²) in [5.41, 5.74) is -6.49. The largest absolute Gasteiger partial charge is 0.504 e. The van der Waals surface area contributed by atoms with Gasteiger partial charge >= 0.3 is 29.8 Å². The van der Waals surface area contributed by atoms with Crippen molar-refractivity contribution in [2.45, 2.75) is 37.1 Å². The fourth-order valence-corrected chi connectivity index (χ4v) is 6.27. The molecule has 4 aromatic carbocycles. The number of benzene rings is 4. The fourth-order valence-electron chi connectivity index (χ4n) is 6.27. The summed E-state index contributed by atoms with van der Waals surface area (Å²) in [7, 11) is 0.919. The fraction of sp³-hybridized carbons (Fsp3) is 0.216. The second-order valence-electron chi connectivity index (χ2n) is 13.0. The molecule has 61 heavy (non-hydrogen) atoms. The first-order chi connectivity index (χ1) is 28.7. The molecule has 13 N–H and O–H groups in total. The van der Waals surface area contributed by atoms with Gasteiger partial charge in [-0.2, -0.15) is 0 Å². The molecule has 2 heterocycles. The summed E-state index contributed by atoms with van der Waals surface area (Å²) in [5, 5.41) is 136. The molecule has 1 saturated heterocycles. The number of hydrogen-bond acceptors (Lipinski definition) is 24. The van der Waals surface area contributed by atoms with Crippen LogP contribution < -0.4 is 0 Å². The third kappa shape index (κ3) is 7.49. The van der Waals surface area contributed by atoms with E-state index < -0.39 is 182 Å². The number of methoxy groups -OCH3 is 1. The van der Waals surface area contributed by atoms with E-state index in [9.17, 15) is 90.4 Å². The maximum Gasteiger partial charge on any atom is 0.340 e. The molecule has 6 rings (SSSR count). The van der Waals surface area contributed by atoms with Gasteiger partial charge in [0, 0.05) is 16.7 Å². The van der Waals surface area contributed by atoms with Crippen molar-refractivity contribution in [2.75, 3.05) is 13.7 Å². The molecular formula is C37H30O24. The highest BCUT2D eigenvalue weighted by Gasteiger charge is 2.53. The lowest BCUT2D eigenvalue weighted by molar-refractivity contribution is -0.283. The van der Waals surface area contributed by atoms with Crippen LogP contribution >= 0.6 is 0 Å². The summed E-state index contributed by atoms with van der Waals surface area (Å²) >= 11 is 0. The standard InChI is InChI=1S/C37H30O24/c1-56-20(43)7-10-11(4-16(40)25(46)23(10)44)35(54)60-32-31-28(49)19(58-37(32)61-33(52)9-2-14(38)24(45)15(39)3-9)8-57-34(53)12-5-17(41)26(47)29(50)21(12)22-13(36(55)59-31)6-18(42)27(48)30(22)51/h2-6,19,28,31-32,37-42,44-51H,7-8H2,1H3/t19-,28-,31+,32-,37+/m1/s1. The quantitative estimate of drug-likeness (QED) is 0.0709. The maximum atomic E-state index is 14.2. The molecule has 0 radical (unpaired) electrons. The van der Waals surface area contributed by atoms with Gasteiger partial charge in [0.05, 0.1) is 35.8 Å². The molecule has 1 fully saturated rings. The minimum atomic E-state index is -2.47. The van der Waals surface area contributed by atoms with Crippen LogP contribution in [0.1, 0.15) is 47.0 Å². The average molecular weight is 859 g/mol. The first-order valence-corrected chi connectivity index (χ1v) is 16.9. The van der Waals surface area contributed by atoms with Gasteiger partial charge < -0.3 is 94.8 Å². The van der Waals surface area contributed by atoms with Crippen molar-refractivity contribution in [3.8, 4) is 80.1 Å². The van der Waals surface area contributed by atoms with Gasteiger partial charge in [0.2, 0.25) is 29.6 Å². The third-order valence-corrected chi connectivity index (χ3v) is 9.34. The molecule has 0 unspecified atom stereocenters. The zero-order valence-electron chi connectivity index (χ0n) is 30.5. The van der Waals surface area contributed by atoms with Gasteiger partial charge in [-0.15, -0.1) is 0 Å². The summed E-state index contributed by atoms with van der Waals surface area (Å²) in [4.78, 5) is 67.4. The smallest absolute Gasteiger partial charge is 0.340 e. The van der Waals surface area contributed by atoms with Crippen molar-refractivity contribution in [1.29, 1.82) is 0 Å². The van der Waals surface area contributed by atoms with Crippen LogP contribution in [0.15, 0.2) is 30.3 Å². The Morgan fingerprint density at radius 2 is 1.15 bits per heavy atom. The van der Waals surface area contributed by atoms with E-state index in [2.05, 4.69) is 4.74 Å². The Hall–Kier alpha value is -8.25. The first kappa shape index (κ1) is 42.4. The van der Waals surface area contributed by atoms with Crippen LogP contribution in [0.25, 0.3) is 11.1 Å². The van der Waals surface area contributed by atoms with Crippen molar-refractivity contribution in [2.24, 2.45) is 0 Å². The number of ether oxygens (including phenoxy) is 6. The highest BCUT2D eigenvalue weighted by Crippen LogP contribution is 2.53. The summed E-state index contributed by atoms with van der Waals surface area (Å²) in [6, 6.07) is 2.58. The van der Waals surface area contributed by atoms with Gasteiger partial charge in [-0.3, -0.25) is 4.79 Å². The zero-order valence-corrected chi connectivity index (χ0v) is 30.5. The lowest BCUT2D eigenvalue weighted by Crippen LogP contribution is -2.62. The van der Waals surface area contributed by atoms with E-state index >= 15 is 0 Å². The molecule has 0 amide bonds. The van der Waals surface area contributed by atoms with Crippen LogP contribution in [-0.2, 0) is 39.6 Å². The van der Waals surface area contributed by atoms with Gasteiger partial charge in [-0.05, 0) is 30.3 Å². The summed E-state index contributed by atoms with van der Waals surface area (Å²) in [5.74, 6) is -22.5. The van der Waals surface area contributed by atoms with Crippen LogP contribution in [0, 0.1) is 0 Å². The molecule has 0 aromatic heterocycles. The van der Waals surface area contributed by atoms with Crippen LogP contribution in [-0.4, -0.2) is 141 Å². The van der Waals surface area contributed by atoms with Crippen LogP contribution in [0.3, 0.4) is 0 Å². The van der Waals surface area contributed by atoms with E-state index in [0.29, 0.717) is 30.3 Å². The molecule has 2 aliphatic heterocycles. The highest BCUT2D eigenvalue weighted by atomic mass is 16.7. The Morgan fingerprint density at radius 1 is 0.639 bits per heavy atom. The Morgan fingerprint density at radius 3 is 1.70 bits per heavy atom. The normalized spacial score (nSPS) is 19.7. The van der Waals surface area contributed by atoms with E-state index in [1.165, 1.54) is 0 Å². The number of carbonyl (C=O) groups excluding carboxylic acids is 5. The van der Waals surface area contributed by atoms with E-state index in [0.717, 1.165) is 7.11 Å². The van der Waals surface area contributed by atoms with E-state index in [1.807, 2.05) is 0 Å². The number of aromatic hydroxyl groups is 12. The lowest BCUT2D eigenvalue weighted by atomic mass is 9.91. The zero-order chi connectivity index (χ0) is 44.9. The Balaban J connectivity index is 1.54. The molecule has 322 valence electrons. The molecule has 24 heteroatoms. The van der Waals surface area contributed by atoms with Crippen LogP contribution in [0.5, 0.6) is 69.0 Å². The van der Waals surface area contributed by atoms with Gasteiger partial charge in [0.25, 0.3) is 0 Å². The van der Waals surface area contributed by atoms with Gasteiger partial charge in [0.1, 0.15) is 18.8 Å². The lowest BCUT2D eigenvalue weighted by Gasteiger charge is -2.42. The van der Waals surface area contributed by atoms with Gasteiger partial charge in [0.15, 0.2) is 57.8 Å². The third-order valence-electron chi connectivity index (χ3n) is 9.34. The number of esters is 5. The topological polar surface area (TPSA) is 404 Å². The summed E-state index contributed by atoms with van der Waals surface area (Å²) < 4.78 is 31.8. The second kappa shape index (κ2) is 15.8. The van der Waals surface area contributed by atoms with Crippen molar-refractivity contribution in [3.63, 3.8) is 0 Å². The van der Waals surface area contributed by atoms with Crippen LogP contribution in [0.2, 0.25) is 0 Å². The number of hydrogen-bond donors (Lipinski definition) is 13. The number of aliphatic hydroxyl groups excluding tert-OH is 1. The molecule has 2 aliphatic rings. The van der Waals surface area contributed by atoms with E-state index in [1.54, 1.807) is 0 Å². The minimum Gasteiger partial charge on any atom is -0.504 e. The SMILES string of the molecule is COC(=O)Cc1c(C(=O)O[C@H]2[C@H](OC(=O)c3cc(O)c(O)c(O)c3)O[C@@H]3COC(=O)c4cc(O)c(O)c(O)c4-c4c(cc(O)c(O)c4O)C(=O)O[C@H]2[C@@H]3O)cc(O)c(O)c1O. The Kier molecular flexibility index (Phi) is 11.0. The molecule has 5 atom stereocenters. The number of rotatable bonds is 6. The van der Waals surface area contributed by atoms with Crippen molar-refractivity contribution in [1.82, 2.24) is 0 Å². The van der Waals surface area contributed by atoms with Crippen molar-refractivity contribution < 1.29 is 119 Å². The summed E-state index contributed by atoms with van der Waals surface area (Å²) in [6.07, 6.45) is -12.7. The number of fused-ring (bicyclic) bond motifs is 5. The first-order valence-electron chi connectivity index (χ1n) is 16.9. The predicted molar refractivity (Wildman–Crippen MR) is 189 cm³/mol. The minimum absolute atomic E-state index is 0.406. The van der Waals surface area contributed by atoms with E-state index in [4.69, 9.17) is 23.7 Å². The average Bonchev–Trinajstić information content (AvgIpc) is 3.21. The van der Waals surface area contributed by atoms with Gasteiger partial charge in [-0.1, -0.05) is 0 Å². The molecule has 24 nitrogen and oxygen atoms in total. The molecule has 0 spiro atoms. The molecule has 0 aliphatic carbocycles. The predicted octanol–water partition coefficient (Wildman–Crippen LogP) is 0.401. The van der Waals surface area contributed by atoms with Crippen molar-refractivity contribution >= 4 is 29.8 Å². The molecule has 2 bridgehead atoms. The molecule has 0 saturated carbocycles. The Labute approximate surface area is 337 Å². The highest BCUT2D eigenvalue weighted by molar-refractivity contribution is 6.08. The molecular weight excluding hydrogens is 828 g/mol.